The number of thioether (sulfide) groups is 1. The Bertz CT molecular complexity index is 754. The summed E-state index contributed by atoms with van der Waals surface area (Å²) in [7, 11) is 2.83. The number of para-hydroxylation sites is 1. The first-order valence-electron chi connectivity index (χ1n) is 6.51. The van der Waals surface area contributed by atoms with Crippen LogP contribution < -0.4 is 4.90 Å². The summed E-state index contributed by atoms with van der Waals surface area (Å²) in [6.45, 7) is 0. The van der Waals surface area contributed by atoms with Crippen LogP contribution in [0.2, 0.25) is 5.02 Å². The average Bonchev–Trinajstić information content (AvgIpc) is 2.60. The number of carbonyl (C=O) groups excluding carboxylic acids is 2. The number of hydrogen-bond donors (Lipinski definition) is 0. The third-order valence-electron chi connectivity index (χ3n) is 3.08. The quantitative estimate of drug-likeness (QED) is 0.479. The highest BCUT2D eigenvalue weighted by atomic mass is 35.5. The first-order chi connectivity index (χ1) is 11.0. The minimum Gasteiger partial charge on any atom is -0.465 e. The molecule has 1 heterocycles. The molecule has 0 fully saturated rings. The van der Waals surface area contributed by atoms with E-state index in [1.54, 1.807) is 37.6 Å². The van der Waals surface area contributed by atoms with Gasteiger partial charge in [-0.3, -0.25) is 4.79 Å². The lowest BCUT2D eigenvalue weighted by Gasteiger charge is -2.20. The van der Waals surface area contributed by atoms with Crippen molar-refractivity contribution in [2.24, 2.45) is 0 Å². The van der Waals surface area contributed by atoms with E-state index in [1.165, 1.54) is 30.0 Å². The summed E-state index contributed by atoms with van der Waals surface area (Å²) in [5.41, 5.74) is 0.763. The fourth-order valence-corrected chi connectivity index (χ4v) is 2.43. The van der Waals surface area contributed by atoms with Gasteiger partial charge in [0.2, 0.25) is 0 Å². The Morgan fingerprint density at radius 1 is 1.30 bits per heavy atom. The minimum absolute atomic E-state index is 0.0770. The zero-order chi connectivity index (χ0) is 17.0. The number of ether oxygens (including phenoxy) is 1. The molecule has 0 N–H and O–H groups in total. The molecular formula is C15H14ClN3O3S. The number of carbonyl (C=O) groups is 2. The van der Waals surface area contributed by atoms with E-state index in [9.17, 15) is 9.59 Å². The van der Waals surface area contributed by atoms with Crippen LogP contribution in [-0.2, 0) is 4.74 Å². The number of hydrogen-bond acceptors (Lipinski definition) is 6. The molecule has 8 heteroatoms. The van der Waals surface area contributed by atoms with Crippen molar-refractivity contribution in [1.29, 1.82) is 0 Å². The van der Waals surface area contributed by atoms with Crippen LogP contribution in [0, 0.1) is 0 Å². The van der Waals surface area contributed by atoms with E-state index in [2.05, 4.69) is 9.97 Å². The highest BCUT2D eigenvalue weighted by Gasteiger charge is 2.23. The highest BCUT2D eigenvalue weighted by Crippen LogP contribution is 2.24. The molecule has 0 saturated heterocycles. The van der Waals surface area contributed by atoms with Crippen molar-refractivity contribution in [2.45, 2.75) is 5.16 Å². The maximum absolute atomic E-state index is 12.7. The average molecular weight is 352 g/mol. The molecule has 23 heavy (non-hydrogen) atoms. The van der Waals surface area contributed by atoms with E-state index in [1.807, 2.05) is 0 Å². The molecule has 1 aromatic carbocycles. The summed E-state index contributed by atoms with van der Waals surface area (Å²) in [6.07, 6.45) is 3.18. The molecule has 0 bridgehead atoms. The van der Waals surface area contributed by atoms with Crippen LogP contribution in [-0.4, -0.2) is 42.3 Å². The molecule has 6 nitrogen and oxygen atoms in total. The van der Waals surface area contributed by atoms with Crippen LogP contribution in [0.5, 0.6) is 0 Å². The van der Waals surface area contributed by atoms with Gasteiger partial charge in [-0.15, -0.1) is 0 Å². The molecule has 0 aliphatic heterocycles. The van der Waals surface area contributed by atoms with E-state index in [0.29, 0.717) is 10.8 Å². The van der Waals surface area contributed by atoms with E-state index in [-0.39, 0.29) is 16.3 Å². The molecule has 0 aliphatic rings. The van der Waals surface area contributed by atoms with E-state index in [0.717, 1.165) is 0 Å². The van der Waals surface area contributed by atoms with Crippen molar-refractivity contribution >= 4 is 40.9 Å². The SMILES string of the molecule is COC(=O)c1ccccc1N(C)C(=O)c1nc(SC)ncc1Cl. The first kappa shape index (κ1) is 17.2. The van der Waals surface area contributed by atoms with Gasteiger partial charge in [0.1, 0.15) is 0 Å². The molecule has 0 atom stereocenters. The maximum atomic E-state index is 12.7. The van der Waals surface area contributed by atoms with Crippen molar-refractivity contribution in [1.82, 2.24) is 9.97 Å². The molecule has 0 aliphatic carbocycles. The van der Waals surface area contributed by atoms with Gasteiger partial charge in [0, 0.05) is 7.05 Å². The Kier molecular flexibility index (Phi) is 5.57. The van der Waals surface area contributed by atoms with E-state index < -0.39 is 11.9 Å². The number of halogens is 1. The number of anilines is 1. The molecule has 0 unspecified atom stereocenters. The second-order valence-corrected chi connectivity index (χ2v) is 5.61. The number of aromatic nitrogens is 2. The van der Waals surface area contributed by atoms with Gasteiger partial charge < -0.3 is 9.64 Å². The lowest BCUT2D eigenvalue weighted by Crippen LogP contribution is -2.29. The molecule has 120 valence electrons. The van der Waals surface area contributed by atoms with Crippen LogP contribution in [0.4, 0.5) is 5.69 Å². The summed E-state index contributed by atoms with van der Waals surface area (Å²) >= 11 is 7.34. The van der Waals surface area contributed by atoms with Crippen molar-refractivity contribution in [3.05, 3.63) is 46.7 Å². The van der Waals surface area contributed by atoms with Crippen LogP contribution in [0.15, 0.2) is 35.6 Å². The number of rotatable bonds is 4. The maximum Gasteiger partial charge on any atom is 0.339 e. The molecular weight excluding hydrogens is 338 g/mol. The Morgan fingerprint density at radius 2 is 2.00 bits per heavy atom. The van der Waals surface area contributed by atoms with Crippen molar-refractivity contribution in [2.75, 3.05) is 25.3 Å². The third-order valence-corrected chi connectivity index (χ3v) is 3.92. The second-order valence-electron chi connectivity index (χ2n) is 4.43. The summed E-state index contributed by atoms with van der Waals surface area (Å²) in [4.78, 5) is 34.0. The second kappa shape index (κ2) is 7.43. The van der Waals surface area contributed by atoms with Crippen molar-refractivity contribution in [3.63, 3.8) is 0 Å². The number of nitrogens with zero attached hydrogens (tertiary/aromatic N) is 3. The molecule has 0 saturated carbocycles. The Balaban J connectivity index is 2.43. The summed E-state index contributed by atoms with van der Waals surface area (Å²) < 4.78 is 4.74. The first-order valence-corrected chi connectivity index (χ1v) is 8.11. The van der Waals surface area contributed by atoms with E-state index >= 15 is 0 Å². The topological polar surface area (TPSA) is 72.4 Å². The fraction of sp³-hybridized carbons (Fsp3) is 0.200. The standard InChI is InChI=1S/C15H14ClN3O3S/c1-19(11-7-5-4-6-9(11)14(21)22-2)13(20)12-10(16)8-17-15(18-12)23-3/h4-8H,1-3H3. The van der Waals surface area contributed by atoms with Gasteiger partial charge in [-0.25, -0.2) is 14.8 Å². The summed E-state index contributed by atoms with van der Waals surface area (Å²) in [6, 6.07) is 6.65. The minimum atomic E-state index is -0.529. The fourth-order valence-electron chi connectivity index (χ4n) is 1.92. The van der Waals surface area contributed by atoms with Gasteiger partial charge in [0.25, 0.3) is 5.91 Å². The number of methoxy groups -OCH3 is 1. The van der Waals surface area contributed by atoms with Gasteiger partial charge in [-0.1, -0.05) is 35.5 Å². The van der Waals surface area contributed by atoms with E-state index in [4.69, 9.17) is 16.3 Å². The molecule has 1 aromatic heterocycles. The Hall–Kier alpha value is -2.12. The summed E-state index contributed by atoms with van der Waals surface area (Å²) in [5.74, 6) is -0.970. The van der Waals surface area contributed by atoms with Gasteiger partial charge in [-0.2, -0.15) is 0 Å². The molecule has 1 amide bonds. The monoisotopic (exact) mass is 351 g/mol. The highest BCUT2D eigenvalue weighted by molar-refractivity contribution is 7.98. The zero-order valence-electron chi connectivity index (χ0n) is 12.7. The van der Waals surface area contributed by atoms with Gasteiger partial charge >= 0.3 is 5.97 Å². The zero-order valence-corrected chi connectivity index (χ0v) is 14.3. The lowest BCUT2D eigenvalue weighted by atomic mass is 10.1. The largest absolute Gasteiger partial charge is 0.465 e. The predicted octanol–water partition coefficient (Wildman–Crippen LogP) is 2.92. The number of amides is 1. The van der Waals surface area contributed by atoms with Crippen LogP contribution in [0.1, 0.15) is 20.8 Å². The molecule has 2 rings (SSSR count). The van der Waals surface area contributed by atoms with Crippen LogP contribution in [0.25, 0.3) is 0 Å². The van der Waals surface area contributed by atoms with Crippen LogP contribution in [0.3, 0.4) is 0 Å². The molecule has 0 radical (unpaired) electrons. The van der Waals surface area contributed by atoms with Crippen molar-refractivity contribution < 1.29 is 14.3 Å². The van der Waals surface area contributed by atoms with Gasteiger partial charge in [0.15, 0.2) is 10.9 Å². The normalized spacial score (nSPS) is 10.3. The van der Waals surface area contributed by atoms with Gasteiger partial charge in [-0.05, 0) is 18.4 Å². The summed E-state index contributed by atoms with van der Waals surface area (Å²) in [5, 5.41) is 0.586. The predicted molar refractivity (Wildman–Crippen MR) is 89.3 cm³/mol. The van der Waals surface area contributed by atoms with Crippen LogP contribution >= 0.6 is 23.4 Å². The smallest absolute Gasteiger partial charge is 0.339 e. The number of benzene rings is 1. The Morgan fingerprint density at radius 3 is 2.65 bits per heavy atom. The Labute approximate surface area is 142 Å². The van der Waals surface area contributed by atoms with Gasteiger partial charge in [0.05, 0.1) is 29.6 Å². The molecule has 2 aromatic rings. The lowest BCUT2D eigenvalue weighted by molar-refractivity contribution is 0.0601. The third kappa shape index (κ3) is 3.62. The number of esters is 1. The molecule has 0 spiro atoms. The van der Waals surface area contributed by atoms with Crippen molar-refractivity contribution in [3.8, 4) is 0 Å².